The third-order valence-corrected chi connectivity index (χ3v) is 3.93. The molecule has 0 aromatic rings. The van der Waals surface area contributed by atoms with E-state index in [0.29, 0.717) is 19.0 Å². The molecule has 1 saturated heterocycles. The van der Waals surface area contributed by atoms with Gasteiger partial charge in [0.25, 0.3) is 0 Å². The lowest BCUT2D eigenvalue weighted by molar-refractivity contribution is -0.136. The molecule has 0 aromatic carbocycles. The van der Waals surface area contributed by atoms with Crippen LogP contribution in [0.1, 0.15) is 34.1 Å². The second kappa shape index (κ2) is 8.34. The van der Waals surface area contributed by atoms with Gasteiger partial charge in [0.05, 0.1) is 13.1 Å². The molecule has 1 rings (SSSR count). The van der Waals surface area contributed by atoms with E-state index in [0.717, 1.165) is 19.5 Å². The first-order valence-electron chi connectivity index (χ1n) is 7.88. The van der Waals surface area contributed by atoms with Crippen LogP contribution >= 0.6 is 0 Å². The smallest absolute Gasteiger partial charge is 0.239 e. The van der Waals surface area contributed by atoms with Gasteiger partial charge in [-0.25, -0.2) is 0 Å². The summed E-state index contributed by atoms with van der Waals surface area (Å²) in [6, 6.07) is 0.265. The molecule has 0 aliphatic carbocycles. The van der Waals surface area contributed by atoms with Crippen LogP contribution in [0.25, 0.3) is 0 Å². The van der Waals surface area contributed by atoms with Gasteiger partial charge in [0.2, 0.25) is 11.8 Å². The molecule has 2 amide bonds. The summed E-state index contributed by atoms with van der Waals surface area (Å²) in [7, 11) is 0. The van der Waals surface area contributed by atoms with Gasteiger partial charge in [-0.2, -0.15) is 0 Å². The van der Waals surface area contributed by atoms with Crippen molar-refractivity contribution >= 4 is 11.8 Å². The highest BCUT2D eigenvalue weighted by Crippen LogP contribution is 2.18. The first kappa shape index (κ1) is 17.9. The summed E-state index contributed by atoms with van der Waals surface area (Å²) < 4.78 is 0. The Hall–Kier alpha value is -1.14. The predicted molar refractivity (Wildman–Crippen MR) is 83.7 cm³/mol. The van der Waals surface area contributed by atoms with Gasteiger partial charge in [0.1, 0.15) is 0 Å². The highest BCUT2D eigenvalue weighted by atomic mass is 16.2. The van der Waals surface area contributed by atoms with Crippen LogP contribution in [0, 0.1) is 5.92 Å². The number of hydrogen-bond donors (Lipinski definition) is 2. The Morgan fingerprint density at radius 2 is 2.05 bits per heavy atom. The van der Waals surface area contributed by atoms with E-state index in [1.54, 1.807) is 4.90 Å². The quantitative estimate of drug-likeness (QED) is 0.695. The van der Waals surface area contributed by atoms with Crippen molar-refractivity contribution in [3.8, 4) is 0 Å². The van der Waals surface area contributed by atoms with Crippen LogP contribution in [0.4, 0.5) is 0 Å². The first-order valence-corrected chi connectivity index (χ1v) is 7.88. The number of likely N-dealkylation sites (N-methyl/N-ethyl adjacent to an activating group) is 1. The van der Waals surface area contributed by atoms with E-state index in [9.17, 15) is 9.59 Å². The Bertz CT molecular complexity index is 358. The van der Waals surface area contributed by atoms with Crippen LogP contribution in [-0.2, 0) is 9.59 Å². The summed E-state index contributed by atoms with van der Waals surface area (Å²) in [6.07, 6.45) is 1.05. The third-order valence-electron chi connectivity index (χ3n) is 3.93. The molecule has 0 aromatic heterocycles. The Balaban J connectivity index is 2.43. The van der Waals surface area contributed by atoms with E-state index >= 15 is 0 Å². The summed E-state index contributed by atoms with van der Waals surface area (Å²) in [6.45, 7) is 10.6. The summed E-state index contributed by atoms with van der Waals surface area (Å²) in [5.41, 5.74) is 5.91. The Morgan fingerprint density at radius 1 is 1.38 bits per heavy atom. The van der Waals surface area contributed by atoms with E-state index in [-0.39, 0.29) is 30.4 Å². The molecule has 0 saturated carbocycles. The lowest BCUT2D eigenvalue weighted by atomic mass is 10.0. The maximum atomic E-state index is 12.3. The first-order chi connectivity index (χ1) is 9.83. The minimum atomic E-state index is -0.102. The molecule has 0 radical (unpaired) electrons. The van der Waals surface area contributed by atoms with Gasteiger partial charge in [-0.3, -0.25) is 14.5 Å². The largest absolute Gasteiger partial charge is 0.352 e. The van der Waals surface area contributed by atoms with Crippen LogP contribution in [0.5, 0.6) is 0 Å². The molecule has 0 bridgehead atoms. The zero-order valence-corrected chi connectivity index (χ0v) is 13.8. The fourth-order valence-corrected chi connectivity index (χ4v) is 2.64. The number of likely N-dealkylation sites (tertiary alicyclic amines) is 1. The van der Waals surface area contributed by atoms with E-state index in [1.165, 1.54) is 0 Å². The second-order valence-corrected chi connectivity index (χ2v) is 6.27. The summed E-state index contributed by atoms with van der Waals surface area (Å²) >= 11 is 0. The van der Waals surface area contributed by atoms with Crippen LogP contribution in [0.3, 0.4) is 0 Å². The van der Waals surface area contributed by atoms with E-state index in [1.807, 2.05) is 27.7 Å². The summed E-state index contributed by atoms with van der Waals surface area (Å²) in [5, 5.41) is 2.82. The SMILES string of the molecule is CCN(CC(=O)NC(C)C)C(=O)CN1CCC(C(C)N)C1. The van der Waals surface area contributed by atoms with E-state index < -0.39 is 0 Å². The molecule has 2 atom stereocenters. The Morgan fingerprint density at radius 3 is 2.52 bits per heavy atom. The van der Waals surface area contributed by atoms with Crippen molar-refractivity contribution in [2.45, 2.75) is 46.2 Å². The van der Waals surface area contributed by atoms with Gasteiger partial charge in [0.15, 0.2) is 0 Å². The summed E-state index contributed by atoms with van der Waals surface area (Å²) in [4.78, 5) is 27.8. The molecule has 2 unspecified atom stereocenters. The molecule has 1 heterocycles. The van der Waals surface area contributed by atoms with Gasteiger partial charge >= 0.3 is 0 Å². The normalized spacial score (nSPS) is 20.6. The fraction of sp³-hybridized carbons (Fsp3) is 0.867. The Kier molecular flexibility index (Phi) is 7.11. The molecule has 6 nitrogen and oxygen atoms in total. The maximum absolute atomic E-state index is 12.3. The minimum absolute atomic E-state index is 0.0155. The van der Waals surface area contributed by atoms with Crippen LogP contribution in [-0.4, -0.2) is 66.4 Å². The monoisotopic (exact) mass is 298 g/mol. The number of amides is 2. The second-order valence-electron chi connectivity index (χ2n) is 6.27. The fourth-order valence-electron chi connectivity index (χ4n) is 2.64. The molecule has 21 heavy (non-hydrogen) atoms. The minimum Gasteiger partial charge on any atom is -0.352 e. The molecule has 1 fully saturated rings. The molecule has 6 heteroatoms. The molecule has 1 aliphatic rings. The van der Waals surface area contributed by atoms with Gasteiger partial charge < -0.3 is 16.0 Å². The van der Waals surface area contributed by atoms with Gasteiger partial charge in [-0.1, -0.05) is 0 Å². The van der Waals surface area contributed by atoms with Crippen LogP contribution in [0.2, 0.25) is 0 Å². The molecule has 1 aliphatic heterocycles. The van der Waals surface area contributed by atoms with Gasteiger partial charge in [0, 0.05) is 25.2 Å². The topological polar surface area (TPSA) is 78.7 Å². The number of rotatable bonds is 7. The number of nitrogens with one attached hydrogen (secondary N) is 1. The Labute approximate surface area is 128 Å². The molecule has 122 valence electrons. The summed E-state index contributed by atoms with van der Waals surface area (Å²) in [5.74, 6) is 0.383. The molecular formula is C15H30N4O2. The predicted octanol–water partition coefficient (Wildman–Crippen LogP) is 0.0286. The van der Waals surface area contributed by atoms with Crippen molar-refractivity contribution in [3.05, 3.63) is 0 Å². The lowest BCUT2D eigenvalue weighted by Crippen LogP contribution is -2.46. The third kappa shape index (κ3) is 6.01. The van der Waals surface area contributed by atoms with Crippen molar-refractivity contribution in [2.75, 3.05) is 32.7 Å². The zero-order valence-electron chi connectivity index (χ0n) is 13.8. The number of hydrogen-bond acceptors (Lipinski definition) is 4. The zero-order chi connectivity index (χ0) is 16.0. The van der Waals surface area contributed by atoms with Crippen molar-refractivity contribution in [3.63, 3.8) is 0 Å². The average molecular weight is 298 g/mol. The van der Waals surface area contributed by atoms with Crippen molar-refractivity contribution in [2.24, 2.45) is 11.7 Å². The number of carbonyl (C=O) groups is 2. The van der Waals surface area contributed by atoms with Crippen LogP contribution < -0.4 is 11.1 Å². The van der Waals surface area contributed by atoms with Crippen molar-refractivity contribution in [1.82, 2.24) is 15.1 Å². The number of nitrogens with two attached hydrogens (primary N) is 1. The van der Waals surface area contributed by atoms with Crippen LogP contribution in [0.15, 0.2) is 0 Å². The molecular weight excluding hydrogens is 268 g/mol. The maximum Gasteiger partial charge on any atom is 0.239 e. The number of nitrogens with zero attached hydrogens (tertiary/aromatic N) is 2. The van der Waals surface area contributed by atoms with E-state index in [2.05, 4.69) is 10.2 Å². The highest BCUT2D eigenvalue weighted by Gasteiger charge is 2.27. The molecule has 3 N–H and O–H groups in total. The van der Waals surface area contributed by atoms with Crippen molar-refractivity contribution in [1.29, 1.82) is 0 Å². The standard InChI is InChI=1S/C15H30N4O2/c1-5-19(9-14(20)17-11(2)3)15(21)10-18-7-6-13(8-18)12(4)16/h11-13H,5-10,16H2,1-4H3,(H,17,20). The van der Waals surface area contributed by atoms with Crippen molar-refractivity contribution < 1.29 is 9.59 Å². The van der Waals surface area contributed by atoms with E-state index in [4.69, 9.17) is 5.73 Å². The molecule has 0 spiro atoms. The van der Waals surface area contributed by atoms with Gasteiger partial charge in [-0.05, 0) is 46.6 Å². The lowest BCUT2D eigenvalue weighted by Gasteiger charge is -2.24. The average Bonchev–Trinajstić information content (AvgIpc) is 2.83. The highest BCUT2D eigenvalue weighted by molar-refractivity contribution is 5.85. The number of carbonyl (C=O) groups excluding carboxylic acids is 2. The van der Waals surface area contributed by atoms with Gasteiger partial charge in [-0.15, -0.1) is 0 Å².